The molecule has 2 rings (SSSR count). The molecule has 1 heterocycles. The summed E-state index contributed by atoms with van der Waals surface area (Å²) in [6.45, 7) is 6.18. The van der Waals surface area contributed by atoms with E-state index in [-0.39, 0.29) is 11.9 Å². The van der Waals surface area contributed by atoms with Crippen LogP contribution in [0, 0.1) is 5.92 Å². The lowest BCUT2D eigenvalue weighted by molar-refractivity contribution is 0.0926. The van der Waals surface area contributed by atoms with Crippen molar-refractivity contribution in [1.29, 1.82) is 0 Å². The van der Waals surface area contributed by atoms with Crippen LogP contribution in [-0.2, 0) is 0 Å². The monoisotopic (exact) mass is 274 g/mol. The molecule has 0 aliphatic heterocycles. The maximum Gasteiger partial charge on any atom is 0.270 e. The Hall–Kier alpha value is -1.68. The molecular weight excluding hydrogens is 256 g/mol. The van der Waals surface area contributed by atoms with Crippen LogP contribution in [0.2, 0.25) is 0 Å². The lowest BCUT2D eigenvalue weighted by atomic mass is 10.1. The molecule has 19 heavy (non-hydrogen) atoms. The molecule has 1 unspecified atom stereocenters. The molecule has 0 fully saturated rings. The van der Waals surface area contributed by atoms with Crippen LogP contribution in [0.1, 0.15) is 31.3 Å². The van der Waals surface area contributed by atoms with Crippen molar-refractivity contribution < 1.29 is 4.79 Å². The average Bonchev–Trinajstić information content (AvgIpc) is 2.89. The van der Waals surface area contributed by atoms with Gasteiger partial charge < -0.3 is 5.32 Å². The summed E-state index contributed by atoms with van der Waals surface area (Å²) in [6, 6.07) is 10.0. The number of rotatable bonds is 4. The molecule has 2 aromatic rings. The third-order valence-electron chi connectivity index (χ3n) is 3.12. The van der Waals surface area contributed by atoms with Crippen molar-refractivity contribution in [2.24, 2.45) is 5.92 Å². The van der Waals surface area contributed by atoms with E-state index in [1.54, 1.807) is 0 Å². The smallest absolute Gasteiger partial charge is 0.270 e. The van der Waals surface area contributed by atoms with Gasteiger partial charge in [0.05, 0.1) is 0 Å². The Morgan fingerprint density at radius 2 is 1.89 bits per heavy atom. The van der Waals surface area contributed by atoms with Crippen molar-refractivity contribution >= 4 is 17.2 Å². The predicted molar refractivity (Wildman–Crippen MR) is 79.3 cm³/mol. The number of nitrogens with zero attached hydrogens (tertiary/aromatic N) is 1. The minimum atomic E-state index is -0.0976. The first-order valence-electron chi connectivity index (χ1n) is 6.39. The van der Waals surface area contributed by atoms with Crippen LogP contribution in [0.15, 0.2) is 35.7 Å². The number of amides is 1. The summed E-state index contributed by atoms with van der Waals surface area (Å²) in [7, 11) is 0. The second kappa shape index (κ2) is 5.97. The highest BCUT2D eigenvalue weighted by molar-refractivity contribution is 7.13. The fourth-order valence-corrected chi connectivity index (χ4v) is 2.34. The van der Waals surface area contributed by atoms with E-state index in [9.17, 15) is 4.79 Å². The van der Waals surface area contributed by atoms with E-state index in [2.05, 4.69) is 24.1 Å². The minimum Gasteiger partial charge on any atom is -0.348 e. The fourth-order valence-electron chi connectivity index (χ4n) is 1.54. The standard InChI is InChI=1S/C15H18N2OS/c1-10(2)11(3)16-14(18)13-9-19-15(17-13)12-7-5-4-6-8-12/h4-11H,1-3H3,(H,16,18). The quantitative estimate of drug-likeness (QED) is 0.926. The summed E-state index contributed by atoms with van der Waals surface area (Å²) in [5.74, 6) is 0.316. The number of thiazole rings is 1. The topological polar surface area (TPSA) is 42.0 Å². The molecule has 0 aliphatic rings. The van der Waals surface area contributed by atoms with Crippen LogP contribution in [0.3, 0.4) is 0 Å². The van der Waals surface area contributed by atoms with Crippen molar-refractivity contribution in [3.63, 3.8) is 0 Å². The van der Waals surface area contributed by atoms with Crippen LogP contribution in [0.4, 0.5) is 0 Å². The van der Waals surface area contributed by atoms with Gasteiger partial charge >= 0.3 is 0 Å². The largest absolute Gasteiger partial charge is 0.348 e. The number of nitrogens with one attached hydrogen (secondary N) is 1. The zero-order valence-corrected chi connectivity index (χ0v) is 12.2. The number of hydrogen-bond acceptors (Lipinski definition) is 3. The molecule has 0 aliphatic carbocycles. The van der Waals surface area contributed by atoms with Gasteiger partial charge in [-0.05, 0) is 12.8 Å². The molecule has 1 atom stereocenters. The van der Waals surface area contributed by atoms with E-state index in [1.807, 2.05) is 42.6 Å². The van der Waals surface area contributed by atoms with Gasteiger partial charge in [-0.15, -0.1) is 11.3 Å². The Balaban J connectivity index is 2.11. The van der Waals surface area contributed by atoms with E-state index in [1.165, 1.54) is 11.3 Å². The lowest BCUT2D eigenvalue weighted by Crippen LogP contribution is -2.36. The van der Waals surface area contributed by atoms with E-state index in [0.717, 1.165) is 10.6 Å². The lowest BCUT2D eigenvalue weighted by Gasteiger charge is -2.16. The first kappa shape index (κ1) is 13.7. The Bertz CT molecular complexity index is 548. The van der Waals surface area contributed by atoms with Crippen LogP contribution < -0.4 is 5.32 Å². The number of carbonyl (C=O) groups is 1. The normalized spacial score (nSPS) is 12.4. The van der Waals surface area contributed by atoms with Gasteiger partial charge in [0.15, 0.2) is 0 Å². The second-order valence-electron chi connectivity index (χ2n) is 4.91. The van der Waals surface area contributed by atoms with Gasteiger partial charge in [-0.25, -0.2) is 4.98 Å². The molecule has 0 saturated heterocycles. The molecule has 1 aromatic heterocycles. The van der Waals surface area contributed by atoms with Crippen molar-refractivity contribution in [3.8, 4) is 10.6 Å². The summed E-state index contributed by atoms with van der Waals surface area (Å²) < 4.78 is 0. The van der Waals surface area contributed by atoms with E-state index >= 15 is 0 Å². The maximum atomic E-state index is 12.0. The Labute approximate surface area is 117 Å². The van der Waals surface area contributed by atoms with Gasteiger partial charge in [-0.1, -0.05) is 44.2 Å². The van der Waals surface area contributed by atoms with Crippen molar-refractivity contribution in [2.75, 3.05) is 0 Å². The predicted octanol–water partition coefficient (Wildman–Crippen LogP) is 3.58. The van der Waals surface area contributed by atoms with Gasteiger partial charge in [0, 0.05) is 17.0 Å². The first-order chi connectivity index (χ1) is 9.08. The third kappa shape index (κ3) is 3.41. The average molecular weight is 274 g/mol. The Morgan fingerprint density at radius 1 is 1.21 bits per heavy atom. The zero-order chi connectivity index (χ0) is 13.8. The molecule has 0 saturated carbocycles. The van der Waals surface area contributed by atoms with Crippen molar-refractivity contribution in [1.82, 2.24) is 10.3 Å². The molecule has 1 N–H and O–H groups in total. The summed E-state index contributed by atoms with van der Waals surface area (Å²) in [6.07, 6.45) is 0. The highest BCUT2D eigenvalue weighted by Gasteiger charge is 2.15. The second-order valence-corrected chi connectivity index (χ2v) is 5.77. The van der Waals surface area contributed by atoms with Crippen LogP contribution in [0.25, 0.3) is 10.6 Å². The Morgan fingerprint density at radius 3 is 2.53 bits per heavy atom. The van der Waals surface area contributed by atoms with Gasteiger partial charge in [0.2, 0.25) is 0 Å². The third-order valence-corrected chi connectivity index (χ3v) is 4.01. The maximum absolute atomic E-state index is 12.0. The van der Waals surface area contributed by atoms with Gasteiger partial charge in [0.25, 0.3) is 5.91 Å². The highest BCUT2D eigenvalue weighted by atomic mass is 32.1. The molecule has 1 amide bonds. The number of carbonyl (C=O) groups excluding carboxylic acids is 1. The number of benzene rings is 1. The van der Waals surface area contributed by atoms with Crippen molar-refractivity contribution in [2.45, 2.75) is 26.8 Å². The van der Waals surface area contributed by atoms with Gasteiger partial charge in [-0.2, -0.15) is 0 Å². The molecule has 3 nitrogen and oxygen atoms in total. The molecule has 100 valence electrons. The number of aromatic nitrogens is 1. The molecule has 1 aromatic carbocycles. The summed E-state index contributed by atoms with van der Waals surface area (Å²) in [4.78, 5) is 16.4. The molecule has 0 bridgehead atoms. The van der Waals surface area contributed by atoms with Crippen LogP contribution >= 0.6 is 11.3 Å². The minimum absolute atomic E-state index is 0.0976. The first-order valence-corrected chi connectivity index (χ1v) is 7.27. The zero-order valence-electron chi connectivity index (χ0n) is 11.4. The van der Waals surface area contributed by atoms with Gasteiger partial charge in [-0.3, -0.25) is 4.79 Å². The van der Waals surface area contributed by atoms with E-state index in [0.29, 0.717) is 11.6 Å². The number of hydrogen-bond donors (Lipinski definition) is 1. The summed E-state index contributed by atoms with van der Waals surface area (Å²) in [5, 5.41) is 5.65. The summed E-state index contributed by atoms with van der Waals surface area (Å²) >= 11 is 1.49. The Kier molecular flexibility index (Phi) is 4.32. The van der Waals surface area contributed by atoms with Gasteiger partial charge in [0.1, 0.15) is 10.7 Å². The molecule has 0 spiro atoms. The van der Waals surface area contributed by atoms with E-state index < -0.39 is 0 Å². The fraction of sp³-hybridized carbons (Fsp3) is 0.333. The highest BCUT2D eigenvalue weighted by Crippen LogP contribution is 2.23. The van der Waals surface area contributed by atoms with Crippen LogP contribution in [-0.4, -0.2) is 16.9 Å². The summed E-state index contributed by atoms with van der Waals surface area (Å²) in [5.41, 5.74) is 1.54. The molecule has 0 radical (unpaired) electrons. The van der Waals surface area contributed by atoms with E-state index in [4.69, 9.17) is 0 Å². The SMILES string of the molecule is CC(C)C(C)NC(=O)c1csc(-c2ccccc2)n1. The molecular formula is C15H18N2OS. The van der Waals surface area contributed by atoms with Crippen molar-refractivity contribution in [3.05, 3.63) is 41.4 Å². The van der Waals surface area contributed by atoms with Crippen LogP contribution in [0.5, 0.6) is 0 Å². The molecule has 4 heteroatoms.